The van der Waals surface area contributed by atoms with Gasteiger partial charge in [-0.2, -0.15) is 0 Å². The van der Waals surface area contributed by atoms with Crippen molar-refractivity contribution >= 4 is 22.7 Å². The lowest BCUT2D eigenvalue weighted by Gasteiger charge is -2.10. The Morgan fingerprint density at radius 3 is 1.61 bits per heavy atom. The fourth-order valence-corrected chi connectivity index (χ4v) is 3.22. The normalized spacial score (nSPS) is 10.9. The SMILES string of the molecule is Nc1ccccc1OCCOCCOCCOCCOCCOCCOCCNc1ccc([N+](=O)[O-])cc1[N+](=O)[O-]. The third-order valence-electron chi connectivity index (χ3n) is 5.21. The molecule has 2 rings (SSSR count). The van der Waals surface area contributed by atoms with Gasteiger partial charge in [0.15, 0.2) is 0 Å². The summed E-state index contributed by atoms with van der Waals surface area (Å²) in [5.41, 5.74) is 5.88. The van der Waals surface area contributed by atoms with Gasteiger partial charge in [0.2, 0.25) is 0 Å². The number of rotatable bonds is 25. The number of anilines is 2. The molecule has 0 bridgehead atoms. The summed E-state index contributed by atoms with van der Waals surface area (Å²) < 4.78 is 38.1. The van der Waals surface area contributed by atoms with E-state index in [0.717, 1.165) is 6.07 Å². The van der Waals surface area contributed by atoms with Crippen molar-refractivity contribution in [1.82, 2.24) is 0 Å². The Labute approximate surface area is 238 Å². The average molecular weight is 583 g/mol. The quantitative estimate of drug-likeness (QED) is 0.0753. The van der Waals surface area contributed by atoms with E-state index < -0.39 is 9.85 Å². The van der Waals surface area contributed by atoms with Gasteiger partial charge in [-0.05, 0) is 18.2 Å². The summed E-state index contributed by atoms with van der Waals surface area (Å²) in [6.07, 6.45) is 0. The van der Waals surface area contributed by atoms with Crippen LogP contribution in [0.1, 0.15) is 0 Å². The van der Waals surface area contributed by atoms with Gasteiger partial charge in [0.25, 0.3) is 11.4 Å². The van der Waals surface area contributed by atoms with Crippen LogP contribution in [0, 0.1) is 20.2 Å². The molecule has 0 atom stereocenters. The van der Waals surface area contributed by atoms with Gasteiger partial charge in [-0.15, -0.1) is 0 Å². The molecule has 0 spiro atoms. The van der Waals surface area contributed by atoms with Crippen LogP contribution in [-0.4, -0.2) is 102 Å². The summed E-state index contributed by atoms with van der Waals surface area (Å²) in [6, 6.07) is 10.7. The Bertz CT molecular complexity index is 1030. The predicted octanol–water partition coefficient (Wildman–Crippen LogP) is 2.68. The molecule has 0 radical (unpaired) electrons. The summed E-state index contributed by atoms with van der Waals surface area (Å²) in [4.78, 5) is 20.5. The Hall–Kier alpha value is -3.60. The molecule has 0 aliphatic carbocycles. The van der Waals surface area contributed by atoms with Crippen LogP contribution in [0.15, 0.2) is 42.5 Å². The molecule has 3 N–H and O–H groups in total. The highest BCUT2D eigenvalue weighted by Gasteiger charge is 2.19. The Kier molecular flexibility index (Phi) is 17.4. The number of nitrogens with one attached hydrogen (secondary N) is 1. The monoisotopic (exact) mass is 582 g/mol. The third-order valence-corrected chi connectivity index (χ3v) is 5.21. The zero-order chi connectivity index (χ0) is 29.5. The van der Waals surface area contributed by atoms with Crippen LogP contribution in [0.25, 0.3) is 0 Å². The number of nitrogens with two attached hydrogens (primary N) is 1. The van der Waals surface area contributed by atoms with Crippen molar-refractivity contribution in [2.45, 2.75) is 0 Å². The van der Waals surface area contributed by atoms with Gasteiger partial charge < -0.3 is 44.2 Å². The van der Waals surface area contributed by atoms with Crippen LogP contribution < -0.4 is 15.8 Å². The molecule has 41 heavy (non-hydrogen) atoms. The van der Waals surface area contributed by atoms with Gasteiger partial charge in [0.1, 0.15) is 18.0 Å². The maximum atomic E-state index is 11.1. The molecule has 0 saturated carbocycles. The summed E-state index contributed by atoms with van der Waals surface area (Å²) in [5.74, 6) is 0.648. The van der Waals surface area contributed by atoms with E-state index in [4.69, 9.17) is 38.9 Å². The molecular formula is C26H38N4O11. The summed E-state index contributed by atoms with van der Waals surface area (Å²) >= 11 is 0. The second kappa shape index (κ2) is 21.2. The van der Waals surface area contributed by atoms with Gasteiger partial charge in [0.05, 0.1) is 101 Å². The largest absolute Gasteiger partial charge is 0.489 e. The number of nitrogens with zero attached hydrogens (tertiary/aromatic N) is 2. The number of benzene rings is 2. The standard InChI is InChI=1S/C26H38N4O11/c27-23-3-1-2-4-26(23)41-20-19-40-18-17-39-16-15-38-14-13-37-12-11-36-10-9-35-8-7-28-24-6-5-22(29(31)32)21-25(24)30(33)34/h1-6,21,28H,7-20,27H2. The van der Waals surface area contributed by atoms with Crippen molar-refractivity contribution in [3.63, 3.8) is 0 Å². The first-order valence-electron chi connectivity index (χ1n) is 13.1. The second-order valence-corrected chi connectivity index (χ2v) is 8.20. The molecule has 15 heteroatoms. The fourth-order valence-electron chi connectivity index (χ4n) is 3.22. The van der Waals surface area contributed by atoms with Gasteiger partial charge in [0, 0.05) is 12.6 Å². The maximum Gasteiger partial charge on any atom is 0.299 e. The van der Waals surface area contributed by atoms with E-state index in [1.54, 1.807) is 6.07 Å². The molecule has 0 unspecified atom stereocenters. The van der Waals surface area contributed by atoms with Crippen molar-refractivity contribution < 1.29 is 43.0 Å². The first-order valence-corrected chi connectivity index (χ1v) is 13.1. The van der Waals surface area contributed by atoms with Crippen LogP contribution in [-0.2, 0) is 28.4 Å². The number of hydrogen-bond acceptors (Lipinski definition) is 13. The maximum absolute atomic E-state index is 11.1. The molecule has 0 heterocycles. The summed E-state index contributed by atoms with van der Waals surface area (Å²) in [7, 11) is 0. The molecule has 0 aliphatic rings. The van der Waals surface area contributed by atoms with E-state index in [9.17, 15) is 20.2 Å². The highest BCUT2D eigenvalue weighted by Crippen LogP contribution is 2.28. The minimum Gasteiger partial charge on any atom is -0.489 e. The van der Waals surface area contributed by atoms with Crippen molar-refractivity contribution in [2.24, 2.45) is 0 Å². The van der Waals surface area contributed by atoms with E-state index in [2.05, 4.69) is 5.32 Å². The first kappa shape index (κ1) is 33.6. The van der Waals surface area contributed by atoms with E-state index in [1.807, 2.05) is 18.2 Å². The molecule has 0 aliphatic heterocycles. The van der Waals surface area contributed by atoms with Crippen molar-refractivity contribution in [3.8, 4) is 5.75 Å². The Morgan fingerprint density at radius 1 is 0.634 bits per heavy atom. The molecule has 2 aromatic rings. The lowest BCUT2D eigenvalue weighted by Crippen LogP contribution is -2.15. The van der Waals surface area contributed by atoms with Crippen molar-refractivity contribution in [3.05, 3.63) is 62.7 Å². The number of nitro groups is 2. The molecular weight excluding hydrogens is 544 g/mol. The highest BCUT2D eigenvalue weighted by molar-refractivity contribution is 5.65. The van der Waals surface area contributed by atoms with Crippen LogP contribution in [0.2, 0.25) is 0 Å². The number of non-ortho nitro benzene ring substituents is 1. The molecule has 2 aromatic carbocycles. The summed E-state index contributed by atoms with van der Waals surface area (Å²) in [6.45, 7) is 5.71. The smallest absolute Gasteiger partial charge is 0.299 e. The predicted molar refractivity (Wildman–Crippen MR) is 150 cm³/mol. The first-order chi connectivity index (χ1) is 20.0. The Morgan fingerprint density at radius 2 is 1.12 bits per heavy atom. The zero-order valence-electron chi connectivity index (χ0n) is 22.9. The van der Waals surface area contributed by atoms with Gasteiger partial charge >= 0.3 is 0 Å². The van der Waals surface area contributed by atoms with Crippen LogP contribution in [0.5, 0.6) is 5.75 Å². The lowest BCUT2D eigenvalue weighted by molar-refractivity contribution is -0.393. The van der Waals surface area contributed by atoms with E-state index in [0.29, 0.717) is 97.3 Å². The number of ether oxygens (including phenoxy) is 7. The molecule has 0 aromatic heterocycles. The molecule has 0 amide bonds. The fraction of sp³-hybridized carbons (Fsp3) is 0.538. The van der Waals surface area contributed by atoms with Crippen molar-refractivity contribution in [2.75, 3.05) is 103 Å². The third kappa shape index (κ3) is 15.1. The number of hydrogen-bond donors (Lipinski definition) is 2. The minimum absolute atomic E-state index is 0.187. The molecule has 228 valence electrons. The number of para-hydroxylation sites is 2. The molecule has 15 nitrogen and oxygen atoms in total. The second-order valence-electron chi connectivity index (χ2n) is 8.20. The van der Waals surface area contributed by atoms with Crippen LogP contribution in [0.4, 0.5) is 22.7 Å². The lowest BCUT2D eigenvalue weighted by atomic mass is 10.2. The van der Waals surface area contributed by atoms with Gasteiger partial charge in [-0.25, -0.2) is 0 Å². The number of nitro benzene ring substituents is 2. The molecule has 0 fully saturated rings. The average Bonchev–Trinajstić information content (AvgIpc) is 2.96. The van der Waals surface area contributed by atoms with E-state index in [1.165, 1.54) is 12.1 Å². The van der Waals surface area contributed by atoms with Crippen LogP contribution >= 0.6 is 0 Å². The topological polar surface area (TPSA) is 189 Å². The van der Waals surface area contributed by atoms with E-state index >= 15 is 0 Å². The zero-order valence-corrected chi connectivity index (χ0v) is 22.9. The minimum atomic E-state index is -0.681. The van der Waals surface area contributed by atoms with Crippen molar-refractivity contribution in [1.29, 1.82) is 0 Å². The molecule has 0 saturated heterocycles. The van der Waals surface area contributed by atoms with E-state index in [-0.39, 0.29) is 23.7 Å². The Balaban J connectivity index is 1.29. The number of nitrogen functional groups attached to an aromatic ring is 1. The van der Waals surface area contributed by atoms with Gasteiger partial charge in [-0.3, -0.25) is 20.2 Å². The summed E-state index contributed by atoms with van der Waals surface area (Å²) in [5, 5.41) is 24.7. The highest BCUT2D eigenvalue weighted by atomic mass is 16.6. The van der Waals surface area contributed by atoms with Gasteiger partial charge in [-0.1, -0.05) is 12.1 Å². The van der Waals surface area contributed by atoms with Crippen LogP contribution in [0.3, 0.4) is 0 Å².